The van der Waals surface area contributed by atoms with Gasteiger partial charge in [0.2, 0.25) is 0 Å². The van der Waals surface area contributed by atoms with Crippen molar-refractivity contribution in [1.29, 1.82) is 5.26 Å². The van der Waals surface area contributed by atoms with Gasteiger partial charge in [0, 0.05) is 24.7 Å². The molecule has 0 aromatic carbocycles. The van der Waals surface area contributed by atoms with E-state index >= 15 is 0 Å². The fraction of sp³-hybridized carbons (Fsp3) is 0.385. The molecule has 0 spiro atoms. The number of piperidine rings is 1. The molecule has 0 atom stereocenters. The summed E-state index contributed by atoms with van der Waals surface area (Å²) in [5.41, 5.74) is 1.27. The minimum absolute atomic E-state index is 0.429. The lowest BCUT2D eigenvalue weighted by Gasteiger charge is -2.28. The van der Waals surface area contributed by atoms with Crippen molar-refractivity contribution in [2.24, 2.45) is 0 Å². The molecule has 0 N–H and O–H groups in total. The second-order valence-electron chi connectivity index (χ2n) is 4.45. The van der Waals surface area contributed by atoms with E-state index in [1.54, 1.807) is 12.3 Å². The number of nitriles is 1. The molecule has 2 aromatic heterocycles. The van der Waals surface area contributed by atoms with Crippen molar-refractivity contribution in [3.8, 4) is 6.07 Å². The van der Waals surface area contributed by atoms with Crippen LogP contribution in [0.5, 0.6) is 0 Å². The Kier molecular flexibility index (Phi) is 2.77. The fourth-order valence-electron chi connectivity index (χ4n) is 2.36. The van der Waals surface area contributed by atoms with Crippen LogP contribution in [0.3, 0.4) is 0 Å². The van der Waals surface area contributed by atoms with Crippen LogP contribution in [0.1, 0.15) is 25.0 Å². The summed E-state index contributed by atoms with van der Waals surface area (Å²) in [5.74, 6) is 0.825. The monoisotopic (exact) mass is 239 g/mol. The largest absolute Gasteiger partial charge is 0.355 e. The number of anilines is 1. The van der Waals surface area contributed by atoms with Crippen molar-refractivity contribution in [3.05, 3.63) is 24.3 Å². The van der Waals surface area contributed by atoms with Gasteiger partial charge in [-0.2, -0.15) is 5.26 Å². The summed E-state index contributed by atoms with van der Waals surface area (Å²) < 4.78 is 0. The van der Waals surface area contributed by atoms with E-state index < -0.39 is 0 Å². The molecule has 0 bridgehead atoms. The van der Waals surface area contributed by atoms with E-state index in [2.05, 4.69) is 25.9 Å². The lowest BCUT2D eigenvalue weighted by molar-refractivity contribution is 0.574. The summed E-state index contributed by atoms with van der Waals surface area (Å²) >= 11 is 0. The zero-order chi connectivity index (χ0) is 12.4. The van der Waals surface area contributed by atoms with Gasteiger partial charge in [-0.1, -0.05) is 0 Å². The SMILES string of the molecule is N#Cc1cc2cncnc2c(N2CCCCC2)n1. The first-order valence-corrected chi connectivity index (χ1v) is 6.14. The van der Waals surface area contributed by atoms with Crippen LogP contribution >= 0.6 is 0 Å². The summed E-state index contributed by atoms with van der Waals surface area (Å²) in [7, 11) is 0. The normalized spacial score (nSPS) is 15.6. The molecule has 5 nitrogen and oxygen atoms in total. The molecule has 1 aliphatic heterocycles. The van der Waals surface area contributed by atoms with Crippen LogP contribution < -0.4 is 4.90 Å². The molecular weight excluding hydrogens is 226 g/mol. The Morgan fingerprint density at radius 1 is 1.22 bits per heavy atom. The van der Waals surface area contributed by atoms with Crippen molar-refractivity contribution in [1.82, 2.24) is 15.0 Å². The van der Waals surface area contributed by atoms with Crippen molar-refractivity contribution >= 4 is 16.7 Å². The maximum Gasteiger partial charge on any atom is 0.156 e. The van der Waals surface area contributed by atoms with Gasteiger partial charge in [0.15, 0.2) is 5.82 Å². The number of aromatic nitrogens is 3. The van der Waals surface area contributed by atoms with E-state index in [4.69, 9.17) is 5.26 Å². The van der Waals surface area contributed by atoms with E-state index in [-0.39, 0.29) is 0 Å². The third-order valence-corrected chi connectivity index (χ3v) is 3.24. The zero-order valence-electron chi connectivity index (χ0n) is 10.0. The number of hydrogen-bond acceptors (Lipinski definition) is 5. The molecule has 0 amide bonds. The molecule has 0 unspecified atom stereocenters. The van der Waals surface area contributed by atoms with Crippen molar-refractivity contribution in [2.45, 2.75) is 19.3 Å². The maximum atomic E-state index is 9.05. The van der Waals surface area contributed by atoms with Crippen molar-refractivity contribution in [2.75, 3.05) is 18.0 Å². The molecule has 1 saturated heterocycles. The average Bonchev–Trinajstić information content (AvgIpc) is 2.47. The molecule has 0 aliphatic carbocycles. The van der Waals surface area contributed by atoms with Gasteiger partial charge in [-0.3, -0.25) is 0 Å². The molecule has 90 valence electrons. The van der Waals surface area contributed by atoms with Crippen LogP contribution in [0, 0.1) is 11.3 Å². The Morgan fingerprint density at radius 2 is 2.06 bits per heavy atom. The Bertz CT molecular complexity index is 610. The molecular formula is C13H13N5. The summed E-state index contributed by atoms with van der Waals surface area (Å²) in [4.78, 5) is 15.0. The molecule has 1 aliphatic rings. The minimum atomic E-state index is 0.429. The maximum absolute atomic E-state index is 9.05. The average molecular weight is 239 g/mol. The summed E-state index contributed by atoms with van der Waals surface area (Å²) in [6.07, 6.45) is 6.87. The van der Waals surface area contributed by atoms with Gasteiger partial charge >= 0.3 is 0 Å². The molecule has 0 radical (unpaired) electrons. The Morgan fingerprint density at radius 3 is 2.83 bits per heavy atom. The summed E-state index contributed by atoms with van der Waals surface area (Å²) in [5, 5.41) is 9.93. The van der Waals surface area contributed by atoms with E-state index in [0.717, 1.165) is 29.8 Å². The van der Waals surface area contributed by atoms with Gasteiger partial charge in [0.1, 0.15) is 23.6 Å². The number of fused-ring (bicyclic) bond motifs is 1. The predicted octanol–water partition coefficient (Wildman–Crippen LogP) is 1.89. The third kappa shape index (κ3) is 1.86. The second kappa shape index (κ2) is 4.57. The number of nitrogens with zero attached hydrogens (tertiary/aromatic N) is 5. The minimum Gasteiger partial charge on any atom is -0.355 e. The standard InChI is InChI=1S/C13H13N5/c14-7-11-6-10-8-15-9-16-12(10)13(17-11)18-4-2-1-3-5-18/h6,8-9H,1-5H2. The highest BCUT2D eigenvalue weighted by Gasteiger charge is 2.17. The highest BCUT2D eigenvalue weighted by Crippen LogP contribution is 2.25. The molecule has 0 saturated carbocycles. The van der Waals surface area contributed by atoms with Crippen LogP contribution in [-0.2, 0) is 0 Å². The lowest BCUT2D eigenvalue weighted by atomic mass is 10.1. The first-order valence-electron chi connectivity index (χ1n) is 6.14. The number of rotatable bonds is 1. The topological polar surface area (TPSA) is 65.7 Å². The predicted molar refractivity (Wildman–Crippen MR) is 68.1 cm³/mol. The number of hydrogen-bond donors (Lipinski definition) is 0. The molecule has 5 heteroatoms. The zero-order valence-corrected chi connectivity index (χ0v) is 10.0. The lowest BCUT2D eigenvalue weighted by Crippen LogP contribution is -2.30. The van der Waals surface area contributed by atoms with Gasteiger partial charge < -0.3 is 4.90 Å². The van der Waals surface area contributed by atoms with Gasteiger partial charge in [-0.25, -0.2) is 15.0 Å². The van der Waals surface area contributed by atoms with Gasteiger partial charge in [-0.05, 0) is 25.3 Å². The van der Waals surface area contributed by atoms with E-state index in [9.17, 15) is 0 Å². The molecule has 18 heavy (non-hydrogen) atoms. The smallest absolute Gasteiger partial charge is 0.156 e. The highest BCUT2D eigenvalue weighted by atomic mass is 15.2. The Hall–Kier alpha value is -2.22. The van der Waals surface area contributed by atoms with E-state index in [1.165, 1.54) is 25.6 Å². The fourth-order valence-corrected chi connectivity index (χ4v) is 2.36. The Labute approximate surface area is 105 Å². The quantitative estimate of drug-likeness (QED) is 0.760. The second-order valence-corrected chi connectivity index (χ2v) is 4.45. The van der Waals surface area contributed by atoms with E-state index in [1.807, 2.05) is 0 Å². The molecule has 2 aromatic rings. The van der Waals surface area contributed by atoms with Gasteiger partial charge in [0.25, 0.3) is 0 Å². The highest BCUT2D eigenvalue weighted by molar-refractivity contribution is 5.88. The van der Waals surface area contributed by atoms with Crippen molar-refractivity contribution in [3.63, 3.8) is 0 Å². The van der Waals surface area contributed by atoms with Crippen LogP contribution in [0.25, 0.3) is 10.9 Å². The Balaban J connectivity index is 2.16. The van der Waals surface area contributed by atoms with Gasteiger partial charge in [0.05, 0.1) is 0 Å². The van der Waals surface area contributed by atoms with E-state index in [0.29, 0.717) is 5.69 Å². The third-order valence-electron chi connectivity index (χ3n) is 3.24. The van der Waals surface area contributed by atoms with Gasteiger partial charge in [-0.15, -0.1) is 0 Å². The summed E-state index contributed by atoms with van der Waals surface area (Å²) in [6, 6.07) is 3.84. The van der Waals surface area contributed by atoms with Crippen LogP contribution in [-0.4, -0.2) is 28.0 Å². The first-order chi connectivity index (χ1) is 8.88. The van der Waals surface area contributed by atoms with Crippen LogP contribution in [0.2, 0.25) is 0 Å². The molecule has 1 fully saturated rings. The summed E-state index contributed by atoms with van der Waals surface area (Å²) in [6.45, 7) is 1.97. The van der Waals surface area contributed by atoms with Crippen molar-refractivity contribution < 1.29 is 0 Å². The van der Waals surface area contributed by atoms with Crippen LogP contribution in [0.15, 0.2) is 18.6 Å². The first kappa shape index (κ1) is 10.9. The molecule has 3 rings (SSSR count). The number of pyridine rings is 1. The molecule has 3 heterocycles. The van der Waals surface area contributed by atoms with Crippen LogP contribution in [0.4, 0.5) is 5.82 Å².